The maximum Gasteiger partial charge on any atom is 0.251 e. The predicted molar refractivity (Wildman–Crippen MR) is 67.9 cm³/mol. The summed E-state index contributed by atoms with van der Waals surface area (Å²) in [4.78, 5) is 18.5. The summed E-state index contributed by atoms with van der Waals surface area (Å²) < 4.78 is 0. The summed E-state index contributed by atoms with van der Waals surface area (Å²) in [7, 11) is 0. The fourth-order valence-corrected chi connectivity index (χ4v) is 2.23. The third kappa shape index (κ3) is 2.69. The van der Waals surface area contributed by atoms with Crippen molar-refractivity contribution in [1.29, 1.82) is 0 Å². The number of rotatable bonds is 3. The van der Waals surface area contributed by atoms with Gasteiger partial charge in [0.1, 0.15) is 0 Å². The normalized spacial score (nSPS) is 11.4. The second kappa shape index (κ2) is 5.37. The lowest BCUT2D eigenvalue weighted by Gasteiger charge is -2.06. The average molecular weight is 262 g/mol. The number of nitrogens with two attached hydrogens (primary N) is 1. The molecule has 0 aliphatic carbocycles. The number of aromatic amines is 1. The molecule has 1 aromatic carbocycles. The van der Waals surface area contributed by atoms with Gasteiger partial charge in [0, 0.05) is 22.7 Å². The first-order valence-electron chi connectivity index (χ1n) is 5.01. The van der Waals surface area contributed by atoms with Gasteiger partial charge in [-0.05, 0) is 6.07 Å². The lowest BCUT2D eigenvalue weighted by atomic mass is 10.2. The summed E-state index contributed by atoms with van der Waals surface area (Å²) in [6.45, 7) is 0. The van der Waals surface area contributed by atoms with E-state index in [0.29, 0.717) is 10.7 Å². The number of hydrogen-bond donors (Lipinski definition) is 3. The van der Waals surface area contributed by atoms with E-state index < -0.39 is 0 Å². The van der Waals surface area contributed by atoms with Gasteiger partial charge >= 0.3 is 0 Å². The molecule has 1 aromatic heterocycles. The van der Waals surface area contributed by atoms with Crippen molar-refractivity contribution in [3.8, 4) is 0 Å². The molecule has 0 fully saturated rings. The standard InChI is InChI=1S/C11H10N4O2S/c12-10(15-17)7-3-1-2-4-8(7)18-11-13-6-5-9(16)14-11/h1-6,17H,(H2,12,15)(H,13,14,16). The van der Waals surface area contributed by atoms with Crippen molar-refractivity contribution in [3.05, 3.63) is 52.4 Å². The van der Waals surface area contributed by atoms with Gasteiger partial charge in [-0.2, -0.15) is 0 Å². The van der Waals surface area contributed by atoms with Crippen LogP contribution < -0.4 is 11.3 Å². The number of H-pyrrole nitrogens is 1. The fourth-order valence-electron chi connectivity index (χ4n) is 1.33. The molecule has 0 radical (unpaired) electrons. The van der Waals surface area contributed by atoms with Crippen molar-refractivity contribution >= 4 is 17.6 Å². The van der Waals surface area contributed by atoms with Crippen molar-refractivity contribution < 1.29 is 5.21 Å². The Balaban J connectivity index is 2.38. The van der Waals surface area contributed by atoms with E-state index in [0.717, 1.165) is 4.90 Å². The summed E-state index contributed by atoms with van der Waals surface area (Å²) in [5.41, 5.74) is 5.93. The number of benzene rings is 1. The molecule has 92 valence electrons. The Kier molecular flexibility index (Phi) is 3.63. The molecule has 7 heteroatoms. The van der Waals surface area contributed by atoms with Gasteiger partial charge in [-0.1, -0.05) is 35.1 Å². The zero-order chi connectivity index (χ0) is 13.0. The molecule has 0 unspecified atom stereocenters. The average Bonchev–Trinajstić information content (AvgIpc) is 2.38. The van der Waals surface area contributed by atoms with Gasteiger partial charge in [-0.3, -0.25) is 4.79 Å². The van der Waals surface area contributed by atoms with Crippen LogP contribution in [0.25, 0.3) is 0 Å². The van der Waals surface area contributed by atoms with E-state index in [9.17, 15) is 4.79 Å². The predicted octanol–water partition coefficient (Wildman–Crippen LogP) is 1.02. The van der Waals surface area contributed by atoms with Crippen molar-refractivity contribution in [2.24, 2.45) is 10.9 Å². The summed E-state index contributed by atoms with van der Waals surface area (Å²) in [6, 6.07) is 8.44. The van der Waals surface area contributed by atoms with Gasteiger partial charge in [0.15, 0.2) is 11.0 Å². The number of nitrogens with zero attached hydrogens (tertiary/aromatic N) is 2. The van der Waals surface area contributed by atoms with E-state index in [-0.39, 0.29) is 11.4 Å². The van der Waals surface area contributed by atoms with E-state index >= 15 is 0 Å². The molecule has 0 amide bonds. The molecule has 0 aliphatic rings. The monoisotopic (exact) mass is 262 g/mol. The van der Waals surface area contributed by atoms with Crippen molar-refractivity contribution in [3.63, 3.8) is 0 Å². The number of hydrogen-bond acceptors (Lipinski definition) is 5. The van der Waals surface area contributed by atoms with Gasteiger partial charge in [-0.15, -0.1) is 0 Å². The summed E-state index contributed by atoms with van der Waals surface area (Å²) in [6.07, 6.45) is 1.42. The van der Waals surface area contributed by atoms with Gasteiger partial charge in [0.25, 0.3) is 5.56 Å². The number of amidine groups is 1. The first kappa shape index (κ1) is 12.2. The lowest BCUT2D eigenvalue weighted by Crippen LogP contribution is -2.14. The Labute approximate surface area is 107 Å². The van der Waals surface area contributed by atoms with Crippen LogP contribution >= 0.6 is 11.8 Å². The quantitative estimate of drug-likeness (QED) is 0.252. The first-order chi connectivity index (χ1) is 8.70. The van der Waals surface area contributed by atoms with Crippen LogP contribution in [0.1, 0.15) is 5.56 Å². The van der Waals surface area contributed by atoms with E-state index in [1.54, 1.807) is 18.2 Å². The SMILES string of the molecule is N/C(=N\O)c1ccccc1Sc1nccc(=O)[nH]1. The second-order valence-electron chi connectivity index (χ2n) is 3.32. The highest BCUT2D eigenvalue weighted by Crippen LogP contribution is 2.26. The van der Waals surface area contributed by atoms with Gasteiger partial charge < -0.3 is 15.9 Å². The minimum atomic E-state index is -0.228. The summed E-state index contributed by atoms with van der Waals surface area (Å²) in [5.74, 6) is 0.0105. The Bertz CT molecular complexity index is 639. The zero-order valence-corrected chi connectivity index (χ0v) is 10.0. The molecule has 0 spiro atoms. The van der Waals surface area contributed by atoms with Crippen molar-refractivity contribution in [1.82, 2.24) is 9.97 Å². The van der Waals surface area contributed by atoms with Crippen LogP contribution in [0.4, 0.5) is 0 Å². The Hall–Kier alpha value is -2.28. The highest BCUT2D eigenvalue weighted by Gasteiger charge is 2.08. The second-order valence-corrected chi connectivity index (χ2v) is 4.35. The van der Waals surface area contributed by atoms with Gasteiger partial charge in [0.2, 0.25) is 0 Å². The highest BCUT2D eigenvalue weighted by atomic mass is 32.2. The van der Waals surface area contributed by atoms with Crippen LogP contribution in [0, 0.1) is 0 Å². The molecule has 0 bridgehead atoms. The van der Waals surface area contributed by atoms with Crippen molar-refractivity contribution in [2.75, 3.05) is 0 Å². The van der Waals surface area contributed by atoms with E-state index in [4.69, 9.17) is 10.9 Å². The Morgan fingerprint density at radius 1 is 1.39 bits per heavy atom. The Morgan fingerprint density at radius 2 is 2.17 bits per heavy atom. The molecule has 0 saturated heterocycles. The smallest absolute Gasteiger partial charge is 0.251 e. The molecule has 0 aliphatic heterocycles. The molecule has 2 rings (SSSR count). The highest BCUT2D eigenvalue weighted by molar-refractivity contribution is 7.99. The molecule has 1 heterocycles. The minimum absolute atomic E-state index is 0.0105. The van der Waals surface area contributed by atoms with Gasteiger partial charge in [0.05, 0.1) is 0 Å². The summed E-state index contributed by atoms with van der Waals surface area (Å²) in [5, 5.41) is 12.1. The van der Waals surface area contributed by atoms with Crippen molar-refractivity contribution in [2.45, 2.75) is 10.1 Å². The number of aromatic nitrogens is 2. The minimum Gasteiger partial charge on any atom is -0.409 e. The van der Waals surface area contributed by atoms with E-state index in [2.05, 4.69) is 15.1 Å². The molecule has 0 atom stereocenters. The first-order valence-corrected chi connectivity index (χ1v) is 5.82. The van der Waals surface area contributed by atoms with E-state index in [1.807, 2.05) is 6.07 Å². The maximum absolute atomic E-state index is 11.2. The Morgan fingerprint density at radius 3 is 2.89 bits per heavy atom. The summed E-state index contributed by atoms with van der Waals surface area (Å²) >= 11 is 1.23. The van der Waals surface area contributed by atoms with Crippen LogP contribution in [-0.2, 0) is 0 Å². The van der Waals surface area contributed by atoms with Crippen LogP contribution in [0.5, 0.6) is 0 Å². The lowest BCUT2D eigenvalue weighted by molar-refractivity contribution is 0.318. The van der Waals surface area contributed by atoms with Gasteiger partial charge in [-0.25, -0.2) is 4.98 Å². The third-order valence-electron chi connectivity index (χ3n) is 2.13. The third-order valence-corrected chi connectivity index (χ3v) is 3.10. The molecule has 0 saturated carbocycles. The van der Waals surface area contributed by atoms with Crippen LogP contribution in [0.15, 0.2) is 56.5 Å². The topological polar surface area (TPSA) is 104 Å². The number of nitrogens with one attached hydrogen (secondary N) is 1. The molecule has 6 nitrogen and oxygen atoms in total. The maximum atomic E-state index is 11.2. The molecule has 2 aromatic rings. The molecule has 18 heavy (non-hydrogen) atoms. The number of oxime groups is 1. The molecular weight excluding hydrogens is 252 g/mol. The largest absolute Gasteiger partial charge is 0.409 e. The van der Waals surface area contributed by atoms with Crippen LogP contribution in [0.3, 0.4) is 0 Å². The fraction of sp³-hybridized carbons (Fsp3) is 0. The van der Waals surface area contributed by atoms with Crippen LogP contribution in [-0.4, -0.2) is 21.0 Å². The van der Waals surface area contributed by atoms with E-state index in [1.165, 1.54) is 24.0 Å². The molecular formula is C11H10N4O2S. The zero-order valence-electron chi connectivity index (χ0n) is 9.20. The van der Waals surface area contributed by atoms with Crippen LogP contribution in [0.2, 0.25) is 0 Å². The molecule has 4 N–H and O–H groups in total.